The summed E-state index contributed by atoms with van der Waals surface area (Å²) in [5, 5.41) is 4.97. The fourth-order valence-corrected chi connectivity index (χ4v) is 4.08. The average molecular weight is 472 g/mol. The largest absolute Gasteiger partial charge is 0.497 e. The molecule has 4 aromatic rings. The van der Waals surface area contributed by atoms with Crippen molar-refractivity contribution in [3.05, 3.63) is 111 Å². The molecule has 6 heteroatoms. The zero-order valence-electron chi connectivity index (χ0n) is 19.7. The molecule has 0 aliphatic rings. The molecule has 0 amide bonds. The number of nitrogens with one attached hydrogen (secondary N) is 2. The molecule has 4 rings (SSSR count). The highest BCUT2D eigenvalue weighted by atomic mass is 32.1. The first kappa shape index (κ1) is 23.5. The maximum Gasteiger partial charge on any atom is 0.253 e. The number of benzene rings is 3. The Labute approximate surface area is 205 Å². The number of aromatic nitrogens is 1. The Hall–Kier alpha value is -3.64. The van der Waals surface area contributed by atoms with E-state index in [9.17, 15) is 4.79 Å². The van der Waals surface area contributed by atoms with Gasteiger partial charge in [-0.25, -0.2) is 0 Å². The first-order valence-electron chi connectivity index (χ1n) is 11.3. The lowest BCUT2D eigenvalue weighted by Gasteiger charge is -2.26. The summed E-state index contributed by atoms with van der Waals surface area (Å²) in [6.07, 6.45) is 0. The van der Waals surface area contributed by atoms with Gasteiger partial charge in [0, 0.05) is 24.2 Å². The van der Waals surface area contributed by atoms with Crippen LogP contribution in [0.1, 0.15) is 27.8 Å². The lowest BCUT2D eigenvalue weighted by atomic mass is 10.0. The van der Waals surface area contributed by atoms with Crippen LogP contribution < -0.4 is 15.6 Å². The smallest absolute Gasteiger partial charge is 0.253 e. The summed E-state index contributed by atoms with van der Waals surface area (Å²) in [7, 11) is 1.65. The van der Waals surface area contributed by atoms with Gasteiger partial charge in [0.1, 0.15) is 5.75 Å². The van der Waals surface area contributed by atoms with Crippen LogP contribution in [0.2, 0.25) is 0 Å². The molecule has 0 spiro atoms. The van der Waals surface area contributed by atoms with Crippen LogP contribution in [-0.4, -0.2) is 22.1 Å². The summed E-state index contributed by atoms with van der Waals surface area (Å²) in [5.41, 5.74) is 6.00. The number of hydrogen-bond donors (Lipinski definition) is 2. The minimum absolute atomic E-state index is 0.0960. The third-order valence-electron chi connectivity index (χ3n) is 6.00. The van der Waals surface area contributed by atoms with Crippen LogP contribution in [0.25, 0.3) is 10.9 Å². The second kappa shape index (κ2) is 10.5. The Morgan fingerprint density at radius 1 is 0.941 bits per heavy atom. The van der Waals surface area contributed by atoms with E-state index in [1.54, 1.807) is 7.11 Å². The number of pyridine rings is 1. The van der Waals surface area contributed by atoms with Crippen molar-refractivity contribution in [2.24, 2.45) is 0 Å². The van der Waals surface area contributed by atoms with Crippen molar-refractivity contribution in [3.8, 4) is 5.75 Å². The van der Waals surface area contributed by atoms with E-state index in [2.05, 4.69) is 42.3 Å². The number of fused-ring (bicyclic) bond motifs is 1. The number of nitrogens with zero attached hydrogens (tertiary/aromatic N) is 1. The molecule has 0 saturated heterocycles. The van der Waals surface area contributed by atoms with E-state index in [-0.39, 0.29) is 5.56 Å². The minimum atomic E-state index is -0.0960. The molecule has 0 bridgehead atoms. The predicted octanol–water partition coefficient (Wildman–Crippen LogP) is 5.23. The van der Waals surface area contributed by atoms with E-state index in [0.29, 0.717) is 30.3 Å². The van der Waals surface area contributed by atoms with Gasteiger partial charge in [-0.1, -0.05) is 42.5 Å². The monoisotopic (exact) mass is 471 g/mol. The van der Waals surface area contributed by atoms with Gasteiger partial charge < -0.3 is 19.9 Å². The van der Waals surface area contributed by atoms with E-state index >= 15 is 0 Å². The molecule has 1 aromatic heterocycles. The zero-order valence-corrected chi connectivity index (χ0v) is 20.5. The first-order valence-corrected chi connectivity index (χ1v) is 11.7. The van der Waals surface area contributed by atoms with E-state index in [1.807, 2.05) is 59.5 Å². The maximum atomic E-state index is 12.9. The Morgan fingerprint density at radius 3 is 2.35 bits per heavy atom. The van der Waals surface area contributed by atoms with Gasteiger partial charge in [0.2, 0.25) is 0 Å². The van der Waals surface area contributed by atoms with Crippen LogP contribution in [0, 0.1) is 13.8 Å². The van der Waals surface area contributed by atoms with Crippen molar-refractivity contribution in [1.29, 1.82) is 0 Å². The first-order chi connectivity index (χ1) is 16.4. The van der Waals surface area contributed by atoms with Crippen LogP contribution in [0.4, 0.5) is 0 Å². The molecule has 0 radical (unpaired) electrons. The average Bonchev–Trinajstić information content (AvgIpc) is 2.85. The van der Waals surface area contributed by atoms with Gasteiger partial charge >= 0.3 is 0 Å². The SMILES string of the molecule is COc1ccc(CN(Cc2cc3cc(C)c(C)cc3[nH]c2=O)C(=S)NCc2ccccc2)cc1. The molecule has 0 atom stereocenters. The predicted molar refractivity (Wildman–Crippen MR) is 142 cm³/mol. The van der Waals surface area contributed by atoms with Crippen molar-refractivity contribution in [2.75, 3.05) is 7.11 Å². The van der Waals surface area contributed by atoms with Gasteiger partial charge in [-0.3, -0.25) is 4.79 Å². The quantitative estimate of drug-likeness (QED) is 0.362. The van der Waals surface area contributed by atoms with Crippen LogP contribution in [0.5, 0.6) is 5.75 Å². The molecule has 2 N–H and O–H groups in total. The van der Waals surface area contributed by atoms with Gasteiger partial charge in [-0.15, -0.1) is 0 Å². The Bertz CT molecular complexity index is 1350. The molecule has 3 aromatic carbocycles. The molecule has 0 aliphatic carbocycles. The number of thiocarbonyl (C=S) groups is 1. The molecule has 5 nitrogen and oxygen atoms in total. The molecule has 0 saturated carbocycles. The van der Waals surface area contributed by atoms with Crippen LogP contribution in [-0.2, 0) is 19.6 Å². The number of ether oxygens (including phenoxy) is 1. The second-order valence-electron chi connectivity index (χ2n) is 8.50. The van der Waals surface area contributed by atoms with Crippen LogP contribution in [0.3, 0.4) is 0 Å². The highest BCUT2D eigenvalue weighted by Gasteiger charge is 2.15. The number of aromatic amines is 1. The van der Waals surface area contributed by atoms with Crippen molar-refractivity contribution < 1.29 is 4.74 Å². The fourth-order valence-electron chi connectivity index (χ4n) is 3.88. The van der Waals surface area contributed by atoms with Gasteiger partial charge in [-0.05, 0) is 84.0 Å². The van der Waals surface area contributed by atoms with Crippen molar-refractivity contribution in [1.82, 2.24) is 15.2 Å². The number of aryl methyl sites for hydroxylation is 2. The van der Waals surface area contributed by atoms with E-state index in [0.717, 1.165) is 33.3 Å². The molecule has 174 valence electrons. The van der Waals surface area contributed by atoms with E-state index in [4.69, 9.17) is 17.0 Å². The van der Waals surface area contributed by atoms with Crippen LogP contribution in [0.15, 0.2) is 77.6 Å². The summed E-state index contributed by atoms with van der Waals surface area (Å²) in [5.74, 6) is 0.803. The number of H-pyrrole nitrogens is 1. The lowest BCUT2D eigenvalue weighted by Crippen LogP contribution is -2.39. The van der Waals surface area contributed by atoms with Crippen molar-refractivity contribution >= 4 is 28.2 Å². The molecule has 0 unspecified atom stereocenters. The van der Waals surface area contributed by atoms with Crippen molar-refractivity contribution in [2.45, 2.75) is 33.5 Å². The van der Waals surface area contributed by atoms with Gasteiger partial charge in [0.25, 0.3) is 5.56 Å². The van der Waals surface area contributed by atoms with E-state index in [1.165, 1.54) is 5.56 Å². The molecule has 1 heterocycles. The van der Waals surface area contributed by atoms with E-state index < -0.39 is 0 Å². The summed E-state index contributed by atoms with van der Waals surface area (Å²) in [6.45, 7) is 5.71. The van der Waals surface area contributed by atoms with Crippen LogP contribution >= 0.6 is 12.2 Å². The highest BCUT2D eigenvalue weighted by Crippen LogP contribution is 2.19. The lowest BCUT2D eigenvalue weighted by molar-refractivity contribution is 0.395. The molecular weight excluding hydrogens is 442 g/mol. The highest BCUT2D eigenvalue weighted by molar-refractivity contribution is 7.80. The minimum Gasteiger partial charge on any atom is -0.497 e. The molecule has 0 aliphatic heterocycles. The molecule has 34 heavy (non-hydrogen) atoms. The normalized spacial score (nSPS) is 10.8. The number of rotatable bonds is 7. The summed E-state index contributed by atoms with van der Waals surface area (Å²) in [6, 6.07) is 24.1. The third kappa shape index (κ3) is 5.64. The molecular formula is C28H29N3O2S. The Balaban J connectivity index is 1.61. The Kier molecular flexibility index (Phi) is 7.28. The maximum absolute atomic E-state index is 12.9. The van der Waals surface area contributed by atoms with Crippen molar-refractivity contribution in [3.63, 3.8) is 0 Å². The summed E-state index contributed by atoms with van der Waals surface area (Å²) >= 11 is 5.78. The second-order valence-corrected chi connectivity index (χ2v) is 8.88. The number of hydrogen-bond acceptors (Lipinski definition) is 3. The summed E-state index contributed by atoms with van der Waals surface area (Å²) < 4.78 is 5.28. The summed E-state index contributed by atoms with van der Waals surface area (Å²) in [4.78, 5) is 18.0. The third-order valence-corrected chi connectivity index (χ3v) is 6.41. The Morgan fingerprint density at radius 2 is 1.65 bits per heavy atom. The standard InChI is InChI=1S/C28H29N3O2S/c1-19-13-23-15-24(27(32)30-26(23)14-20(19)2)18-31(17-22-9-11-25(33-3)12-10-22)28(34)29-16-21-7-5-4-6-8-21/h4-15H,16-18H2,1-3H3,(H,29,34)(H,30,32). The number of methoxy groups -OCH3 is 1. The zero-order chi connectivity index (χ0) is 24.1. The van der Waals surface area contributed by atoms with Gasteiger partial charge in [-0.2, -0.15) is 0 Å². The fraction of sp³-hybridized carbons (Fsp3) is 0.214. The topological polar surface area (TPSA) is 57.4 Å². The molecule has 0 fully saturated rings. The van der Waals surface area contributed by atoms with Gasteiger partial charge in [0.05, 0.1) is 13.7 Å². The van der Waals surface area contributed by atoms with Gasteiger partial charge in [0.15, 0.2) is 5.11 Å².